The number of sulfonamides is 1. The van der Waals surface area contributed by atoms with E-state index in [1.807, 2.05) is 0 Å². The monoisotopic (exact) mass is 403 g/mol. The van der Waals surface area contributed by atoms with Crippen LogP contribution < -0.4 is 4.72 Å². The summed E-state index contributed by atoms with van der Waals surface area (Å²) in [4.78, 5) is 11.5. The van der Waals surface area contributed by atoms with Crippen LogP contribution in [0.15, 0.2) is 44.4 Å². The lowest BCUT2D eigenvalue weighted by Crippen LogP contribution is -2.22. The Bertz CT molecular complexity index is 753. The van der Waals surface area contributed by atoms with Crippen molar-refractivity contribution in [1.82, 2.24) is 4.72 Å². The second-order valence-electron chi connectivity index (χ2n) is 4.30. The number of esters is 1. The lowest BCUT2D eigenvalue weighted by atomic mass is 10.1. The molecule has 5 nitrogen and oxygen atoms in total. The quantitative estimate of drug-likeness (QED) is 0.751. The maximum absolute atomic E-state index is 12.1. The molecule has 0 aliphatic carbocycles. The molecule has 0 saturated carbocycles. The topological polar surface area (TPSA) is 72.5 Å². The van der Waals surface area contributed by atoms with Crippen molar-refractivity contribution in [3.8, 4) is 0 Å². The highest BCUT2D eigenvalue weighted by Gasteiger charge is 2.16. The van der Waals surface area contributed by atoms with Crippen molar-refractivity contribution in [2.24, 2.45) is 0 Å². The number of hydrogen-bond donors (Lipinski definition) is 1. The van der Waals surface area contributed by atoms with Gasteiger partial charge >= 0.3 is 5.97 Å². The zero-order valence-electron chi connectivity index (χ0n) is 11.7. The number of halogens is 1. The standard InChI is InChI=1S/C14H14BrNO4S2/c1-2-20-14(17)11-5-3-10(4-6-11)9-16-22(18,19)13-8-7-12(15)21-13/h3-8,16H,2,9H2,1H3. The average Bonchev–Trinajstić information content (AvgIpc) is 2.93. The third-order valence-electron chi connectivity index (χ3n) is 2.74. The van der Waals surface area contributed by atoms with Crippen molar-refractivity contribution < 1.29 is 17.9 Å². The third kappa shape index (κ3) is 4.39. The van der Waals surface area contributed by atoms with Gasteiger partial charge in [-0.1, -0.05) is 12.1 Å². The van der Waals surface area contributed by atoms with Gasteiger partial charge in [0.1, 0.15) is 4.21 Å². The number of rotatable bonds is 6. The minimum absolute atomic E-state index is 0.154. The van der Waals surface area contributed by atoms with Gasteiger partial charge in [-0.3, -0.25) is 0 Å². The predicted molar refractivity (Wildman–Crippen MR) is 88.4 cm³/mol. The Labute approximate surface area is 141 Å². The highest BCUT2D eigenvalue weighted by molar-refractivity contribution is 9.11. The van der Waals surface area contributed by atoms with Gasteiger partial charge in [0.2, 0.25) is 10.0 Å². The van der Waals surface area contributed by atoms with E-state index in [0.717, 1.165) is 20.7 Å². The van der Waals surface area contributed by atoms with Gasteiger partial charge in [-0.25, -0.2) is 17.9 Å². The maximum Gasteiger partial charge on any atom is 0.338 e. The van der Waals surface area contributed by atoms with Gasteiger partial charge in [0, 0.05) is 6.54 Å². The van der Waals surface area contributed by atoms with Crippen molar-refractivity contribution in [3.05, 3.63) is 51.3 Å². The Morgan fingerprint density at radius 1 is 1.23 bits per heavy atom. The number of benzene rings is 1. The summed E-state index contributed by atoms with van der Waals surface area (Å²) in [5.41, 5.74) is 1.20. The molecule has 0 unspecified atom stereocenters. The zero-order chi connectivity index (χ0) is 16.2. The Hall–Kier alpha value is -1.22. The normalized spacial score (nSPS) is 11.4. The van der Waals surface area contributed by atoms with E-state index in [-0.39, 0.29) is 10.8 Å². The minimum Gasteiger partial charge on any atom is -0.462 e. The van der Waals surface area contributed by atoms with Gasteiger partial charge in [-0.2, -0.15) is 0 Å². The fraction of sp³-hybridized carbons (Fsp3) is 0.214. The average molecular weight is 404 g/mol. The van der Waals surface area contributed by atoms with Crippen LogP contribution in [-0.4, -0.2) is 21.0 Å². The summed E-state index contributed by atoms with van der Waals surface area (Å²) in [6, 6.07) is 9.85. The van der Waals surface area contributed by atoms with Gasteiger partial charge in [-0.15, -0.1) is 11.3 Å². The number of carbonyl (C=O) groups is 1. The smallest absolute Gasteiger partial charge is 0.338 e. The van der Waals surface area contributed by atoms with Crippen molar-refractivity contribution in [2.45, 2.75) is 17.7 Å². The maximum atomic E-state index is 12.1. The highest BCUT2D eigenvalue weighted by atomic mass is 79.9. The molecule has 0 aliphatic rings. The van der Waals surface area contributed by atoms with Crippen LogP contribution in [0, 0.1) is 0 Å². The van der Waals surface area contributed by atoms with E-state index in [1.165, 1.54) is 0 Å². The molecular formula is C14H14BrNO4S2. The summed E-state index contributed by atoms with van der Waals surface area (Å²) in [6.07, 6.45) is 0. The molecule has 0 amide bonds. The molecule has 0 saturated heterocycles. The van der Waals surface area contributed by atoms with E-state index in [4.69, 9.17) is 4.74 Å². The van der Waals surface area contributed by atoms with Crippen LogP contribution >= 0.6 is 27.3 Å². The first-order valence-electron chi connectivity index (χ1n) is 6.43. The number of hydrogen-bond acceptors (Lipinski definition) is 5. The van der Waals surface area contributed by atoms with Crippen LogP contribution in [0.25, 0.3) is 0 Å². The molecule has 2 aromatic rings. The Balaban J connectivity index is 2.01. The van der Waals surface area contributed by atoms with Gasteiger partial charge in [0.25, 0.3) is 0 Å². The van der Waals surface area contributed by atoms with Crippen molar-refractivity contribution >= 4 is 43.3 Å². The lowest BCUT2D eigenvalue weighted by Gasteiger charge is -2.06. The fourth-order valence-electron chi connectivity index (χ4n) is 1.66. The van der Waals surface area contributed by atoms with Crippen molar-refractivity contribution in [1.29, 1.82) is 0 Å². The molecule has 1 aromatic heterocycles. The number of ether oxygens (including phenoxy) is 1. The summed E-state index contributed by atoms with van der Waals surface area (Å²) in [5.74, 6) is -0.391. The van der Waals surface area contributed by atoms with Crippen LogP contribution in [0.4, 0.5) is 0 Å². The first-order valence-corrected chi connectivity index (χ1v) is 9.52. The molecule has 0 spiro atoms. The van der Waals surface area contributed by atoms with Crippen LogP contribution in [0.1, 0.15) is 22.8 Å². The van der Waals surface area contributed by atoms with E-state index in [2.05, 4.69) is 20.7 Å². The predicted octanol–water partition coefficient (Wildman–Crippen LogP) is 3.17. The first-order chi connectivity index (χ1) is 10.4. The number of thiophene rings is 1. The molecule has 118 valence electrons. The fourth-order valence-corrected chi connectivity index (χ4v) is 4.74. The summed E-state index contributed by atoms with van der Waals surface area (Å²) in [7, 11) is -3.53. The van der Waals surface area contributed by atoms with Gasteiger partial charge in [0.15, 0.2) is 0 Å². The molecule has 22 heavy (non-hydrogen) atoms. The highest BCUT2D eigenvalue weighted by Crippen LogP contribution is 2.25. The van der Waals surface area contributed by atoms with Gasteiger partial charge in [-0.05, 0) is 52.7 Å². The molecule has 0 aliphatic heterocycles. The zero-order valence-corrected chi connectivity index (χ0v) is 14.9. The second-order valence-corrected chi connectivity index (χ2v) is 8.76. The number of nitrogens with one attached hydrogen (secondary N) is 1. The Morgan fingerprint density at radius 3 is 2.45 bits per heavy atom. The van der Waals surface area contributed by atoms with E-state index >= 15 is 0 Å². The molecular weight excluding hydrogens is 390 g/mol. The lowest BCUT2D eigenvalue weighted by molar-refractivity contribution is 0.0526. The van der Waals surface area contributed by atoms with E-state index in [0.29, 0.717) is 12.2 Å². The van der Waals surface area contributed by atoms with Crippen LogP contribution in [-0.2, 0) is 21.3 Å². The SMILES string of the molecule is CCOC(=O)c1ccc(CNS(=O)(=O)c2ccc(Br)s2)cc1. The molecule has 0 fully saturated rings. The molecule has 1 aromatic carbocycles. The Kier molecular flexibility index (Phi) is 5.74. The molecule has 2 rings (SSSR count). The second kappa shape index (κ2) is 7.36. The van der Waals surface area contributed by atoms with E-state index in [9.17, 15) is 13.2 Å². The summed E-state index contributed by atoms with van der Waals surface area (Å²) < 4.78 is 32.6. The van der Waals surface area contributed by atoms with Crippen molar-refractivity contribution in [2.75, 3.05) is 6.61 Å². The molecule has 0 bridgehead atoms. The largest absolute Gasteiger partial charge is 0.462 e. The molecule has 0 atom stereocenters. The first kappa shape index (κ1) is 17.1. The molecule has 0 radical (unpaired) electrons. The third-order valence-corrected chi connectivity index (χ3v) is 6.26. The van der Waals surface area contributed by atoms with Crippen molar-refractivity contribution in [3.63, 3.8) is 0 Å². The van der Waals surface area contributed by atoms with Gasteiger partial charge < -0.3 is 4.74 Å². The minimum atomic E-state index is -3.53. The summed E-state index contributed by atoms with van der Waals surface area (Å²) >= 11 is 4.38. The molecule has 1 heterocycles. The van der Waals surface area contributed by atoms with E-state index in [1.54, 1.807) is 43.3 Å². The van der Waals surface area contributed by atoms with Crippen LogP contribution in [0.2, 0.25) is 0 Å². The summed E-state index contributed by atoms with van der Waals surface area (Å²) in [6.45, 7) is 2.21. The van der Waals surface area contributed by atoms with Gasteiger partial charge in [0.05, 0.1) is 16.0 Å². The van der Waals surface area contributed by atoms with Crippen LogP contribution in [0.3, 0.4) is 0 Å². The van der Waals surface area contributed by atoms with Crippen LogP contribution in [0.5, 0.6) is 0 Å². The Morgan fingerprint density at radius 2 is 1.91 bits per heavy atom. The summed E-state index contributed by atoms with van der Waals surface area (Å²) in [5, 5.41) is 0. The number of carbonyl (C=O) groups excluding carboxylic acids is 1. The molecule has 1 N–H and O–H groups in total. The van der Waals surface area contributed by atoms with E-state index < -0.39 is 16.0 Å². The molecule has 8 heteroatoms.